The molecule has 0 amide bonds. The molecule has 0 aromatic heterocycles. The smallest absolute Gasteiger partial charge is 0.0298 e. The second-order valence-corrected chi connectivity index (χ2v) is 10.3. The van der Waals surface area contributed by atoms with Crippen molar-refractivity contribution in [2.75, 3.05) is 0 Å². The van der Waals surface area contributed by atoms with Gasteiger partial charge in [0.25, 0.3) is 0 Å². The maximum absolute atomic E-state index is 2.53. The Hall–Kier alpha value is 0. The van der Waals surface area contributed by atoms with Gasteiger partial charge in [-0.2, -0.15) is 0 Å². The lowest BCUT2D eigenvalue weighted by Crippen LogP contribution is -2.41. The number of rotatable bonds is 10. The molecule has 8 unspecified atom stereocenters. The van der Waals surface area contributed by atoms with Crippen LogP contribution < -0.4 is 0 Å². The van der Waals surface area contributed by atoms with Gasteiger partial charge >= 0.3 is 0 Å². The highest BCUT2D eigenvalue weighted by atomic mass is 14.5. The predicted molar refractivity (Wildman–Crippen MR) is 112 cm³/mol. The van der Waals surface area contributed by atoms with Crippen LogP contribution in [0.2, 0.25) is 0 Å². The van der Waals surface area contributed by atoms with Crippen LogP contribution in [0, 0.1) is 58.7 Å². The molecule has 0 nitrogen and oxygen atoms in total. The number of hydrogen-bond donors (Lipinski definition) is 0. The SMILES string of the molecule is CCC(C)C(C)C(C)C(C)C(C)C(C)(C)C(C)C(C)C(C)C(C)C. The second kappa shape index (κ2) is 9.63. The molecule has 0 heterocycles. The second-order valence-electron chi connectivity index (χ2n) is 10.3. The predicted octanol–water partition coefficient (Wildman–Crippen LogP) is 8.17. The fourth-order valence-electron chi connectivity index (χ4n) is 4.66. The number of hydrogen-bond acceptors (Lipinski definition) is 0. The van der Waals surface area contributed by atoms with Crippen LogP contribution in [0.15, 0.2) is 0 Å². The summed E-state index contributed by atoms with van der Waals surface area (Å²) >= 11 is 0. The van der Waals surface area contributed by atoms with Gasteiger partial charge in [-0.25, -0.2) is 0 Å². The first-order chi connectivity index (χ1) is 10.8. The minimum atomic E-state index is 0.380. The molecule has 146 valence electrons. The third-order valence-corrected chi connectivity index (χ3v) is 9.01. The van der Waals surface area contributed by atoms with Crippen LogP contribution in [0.4, 0.5) is 0 Å². The molecule has 0 saturated carbocycles. The van der Waals surface area contributed by atoms with Crippen molar-refractivity contribution in [2.24, 2.45) is 58.7 Å². The minimum absolute atomic E-state index is 0.380. The maximum Gasteiger partial charge on any atom is -0.0298 e. The molecule has 0 spiro atoms. The highest BCUT2D eigenvalue weighted by Crippen LogP contribution is 2.47. The van der Waals surface area contributed by atoms with E-state index in [0.717, 1.165) is 53.3 Å². The van der Waals surface area contributed by atoms with Gasteiger partial charge in [0.1, 0.15) is 0 Å². The van der Waals surface area contributed by atoms with Crippen molar-refractivity contribution in [3.05, 3.63) is 0 Å². The van der Waals surface area contributed by atoms with E-state index in [-0.39, 0.29) is 0 Å². The average Bonchev–Trinajstić information content (AvgIpc) is 2.55. The molecule has 0 aromatic rings. The molecule has 8 atom stereocenters. The third-order valence-electron chi connectivity index (χ3n) is 9.01. The summed E-state index contributed by atoms with van der Waals surface area (Å²) in [5.74, 6) is 7.03. The van der Waals surface area contributed by atoms with Crippen LogP contribution >= 0.6 is 0 Å². The Balaban J connectivity index is 5.19. The van der Waals surface area contributed by atoms with Gasteiger partial charge in [0, 0.05) is 0 Å². The molecular weight excluding hydrogens is 288 g/mol. The van der Waals surface area contributed by atoms with Gasteiger partial charge in [-0.3, -0.25) is 0 Å². The minimum Gasteiger partial charge on any atom is -0.0651 e. The van der Waals surface area contributed by atoms with Crippen LogP contribution in [-0.4, -0.2) is 0 Å². The van der Waals surface area contributed by atoms with Gasteiger partial charge in [-0.1, -0.05) is 96.4 Å². The summed E-state index contributed by atoms with van der Waals surface area (Å²) in [5.41, 5.74) is 0.380. The van der Waals surface area contributed by atoms with Crippen molar-refractivity contribution in [2.45, 2.75) is 96.4 Å². The normalized spacial score (nSPS) is 23.2. The Morgan fingerprint density at radius 2 is 0.917 bits per heavy atom. The van der Waals surface area contributed by atoms with Crippen molar-refractivity contribution in [1.29, 1.82) is 0 Å². The zero-order chi connectivity index (χ0) is 19.4. The largest absolute Gasteiger partial charge is 0.0651 e. The highest BCUT2D eigenvalue weighted by molar-refractivity contribution is 4.89. The van der Waals surface area contributed by atoms with Crippen LogP contribution in [0.5, 0.6) is 0 Å². The topological polar surface area (TPSA) is 0 Å². The van der Waals surface area contributed by atoms with Crippen molar-refractivity contribution in [3.8, 4) is 0 Å². The van der Waals surface area contributed by atoms with Crippen molar-refractivity contribution in [3.63, 3.8) is 0 Å². The summed E-state index contributed by atoms with van der Waals surface area (Å²) in [5, 5.41) is 0. The molecular formula is C24H50. The quantitative estimate of drug-likeness (QED) is 0.377. The van der Waals surface area contributed by atoms with Crippen molar-refractivity contribution < 1.29 is 0 Å². The summed E-state index contributed by atoms with van der Waals surface area (Å²) in [6, 6.07) is 0. The summed E-state index contributed by atoms with van der Waals surface area (Å²) in [6.07, 6.45) is 1.30. The molecule has 0 heteroatoms. The van der Waals surface area contributed by atoms with Crippen molar-refractivity contribution >= 4 is 0 Å². The Kier molecular flexibility index (Phi) is 9.63. The van der Waals surface area contributed by atoms with E-state index in [1.807, 2.05) is 0 Å². The van der Waals surface area contributed by atoms with E-state index >= 15 is 0 Å². The molecule has 0 aromatic carbocycles. The lowest BCUT2D eigenvalue weighted by Gasteiger charge is -2.47. The third kappa shape index (κ3) is 5.50. The van der Waals surface area contributed by atoms with Gasteiger partial charge in [-0.15, -0.1) is 0 Å². The molecule has 0 aliphatic carbocycles. The first-order valence-corrected chi connectivity index (χ1v) is 10.8. The van der Waals surface area contributed by atoms with Crippen LogP contribution in [0.25, 0.3) is 0 Å². The summed E-state index contributed by atoms with van der Waals surface area (Å²) < 4.78 is 0. The molecule has 0 aliphatic heterocycles. The fraction of sp³-hybridized carbons (Fsp3) is 1.00. The standard InChI is InChI=1S/C24H50/c1-14-16(4)18(6)19(7)21(9)23(11)24(12,13)22(10)20(8)17(5)15(2)3/h15-23H,14H2,1-13H3. The molecule has 0 fully saturated rings. The molecule has 0 rings (SSSR count). The van der Waals surface area contributed by atoms with Crippen LogP contribution in [0.3, 0.4) is 0 Å². The van der Waals surface area contributed by atoms with E-state index in [1.54, 1.807) is 0 Å². The summed E-state index contributed by atoms with van der Waals surface area (Å²) in [6.45, 7) is 32.0. The Labute approximate surface area is 155 Å². The van der Waals surface area contributed by atoms with Gasteiger partial charge in [0.15, 0.2) is 0 Å². The van der Waals surface area contributed by atoms with Crippen LogP contribution in [-0.2, 0) is 0 Å². The Bertz CT molecular complexity index is 340. The van der Waals surface area contributed by atoms with Crippen molar-refractivity contribution in [1.82, 2.24) is 0 Å². The zero-order valence-electron chi connectivity index (χ0n) is 19.4. The van der Waals surface area contributed by atoms with Gasteiger partial charge in [-0.05, 0) is 58.7 Å². The monoisotopic (exact) mass is 338 g/mol. The maximum atomic E-state index is 2.53. The Morgan fingerprint density at radius 1 is 0.542 bits per heavy atom. The molecule has 0 saturated heterocycles. The van der Waals surface area contributed by atoms with Gasteiger partial charge in [0.05, 0.1) is 0 Å². The lowest BCUT2D eigenvalue weighted by molar-refractivity contribution is 0.0131. The van der Waals surface area contributed by atoms with E-state index in [2.05, 4.69) is 90.0 Å². The fourth-order valence-corrected chi connectivity index (χ4v) is 4.66. The summed E-state index contributed by atoms with van der Waals surface area (Å²) in [4.78, 5) is 0. The van der Waals surface area contributed by atoms with E-state index < -0.39 is 0 Å². The molecule has 0 N–H and O–H groups in total. The van der Waals surface area contributed by atoms with E-state index in [1.165, 1.54) is 6.42 Å². The molecule has 0 bridgehead atoms. The zero-order valence-corrected chi connectivity index (χ0v) is 19.4. The first kappa shape index (κ1) is 24.0. The van der Waals surface area contributed by atoms with Gasteiger partial charge in [0.2, 0.25) is 0 Å². The molecule has 0 radical (unpaired) electrons. The summed E-state index contributed by atoms with van der Waals surface area (Å²) in [7, 11) is 0. The average molecular weight is 339 g/mol. The lowest BCUT2D eigenvalue weighted by atomic mass is 9.58. The molecule has 24 heavy (non-hydrogen) atoms. The van der Waals surface area contributed by atoms with Gasteiger partial charge < -0.3 is 0 Å². The highest BCUT2D eigenvalue weighted by Gasteiger charge is 2.41. The van der Waals surface area contributed by atoms with E-state index in [0.29, 0.717) is 5.41 Å². The van der Waals surface area contributed by atoms with E-state index in [4.69, 9.17) is 0 Å². The first-order valence-electron chi connectivity index (χ1n) is 10.8. The van der Waals surface area contributed by atoms with E-state index in [9.17, 15) is 0 Å². The molecule has 0 aliphatic rings. The van der Waals surface area contributed by atoms with Crippen LogP contribution in [0.1, 0.15) is 96.4 Å². The Morgan fingerprint density at radius 3 is 1.25 bits per heavy atom.